The van der Waals surface area contributed by atoms with Crippen LogP contribution in [0.3, 0.4) is 0 Å². The Kier molecular flexibility index (Phi) is 30.6. The highest BCUT2D eigenvalue weighted by molar-refractivity contribution is 6.39. The van der Waals surface area contributed by atoms with Gasteiger partial charge in [0.05, 0.1) is 70.7 Å². The molecular weight excluding hydrogens is 1050 g/mol. The van der Waals surface area contributed by atoms with Crippen LogP contribution < -0.4 is 5.32 Å². The second-order valence-corrected chi connectivity index (χ2v) is 22.7. The maximum absolute atomic E-state index is 14.6. The summed E-state index contributed by atoms with van der Waals surface area (Å²) in [4.78, 5) is 87.2. The average molecular weight is 1150 g/mol. The molecule has 2 saturated heterocycles. The Labute approximate surface area is 481 Å². The summed E-state index contributed by atoms with van der Waals surface area (Å²) >= 11 is 0. The Bertz CT molecular complexity index is 2110. The molecule has 460 valence electrons. The first-order valence-electron chi connectivity index (χ1n) is 29.3. The van der Waals surface area contributed by atoms with E-state index in [4.69, 9.17) is 47.4 Å². The molecule has 3 fully saturated rings. The lowest BCUT2D eigenvalue weighted by Crippen LogP contribution is -2.61. The standard InChI is InChI=1S/C61H98N2O18/c1-39-17-13-12-14-18-40(2)51(73-9)37-47-22-20-45(7)61(71,81-47)57(67)58(68)63-25-16-15-19-48(63)59(69)79-52(42(4)35-46-21-23-49(64)53(36-46)74-10)38-50(65)41(3)34-44(6)55(56(75-11)54(66)43(5)33-39)80-60(70)62-24-26-76-29-30-78-32-31-77-28-27-72-8/h12-14,17-18,34,39,41-43,45-49,51-53,55-56,64,71H,15-16,19-33,35-38H2,1-11H3,(H,62,70)/b14-12+,17-13+,40-18+,44-34+/t39-,41-,42-,43?,45-,46+,47+,48+,49-,51+,52+,53-,55-,56+,61-/m1/s1. The van der Waals surface area contributed by atoms with Gasteiger partial charge in [-0.1, -0.05) is 71.1 Å². The molecule has 20 heteroatoms. The largest absolute Gasteiger partial charge is 0.460 e. The Morgan fingerprint density at radius 2 is 1.48 bits per heavy atom. The van der Waals surface area contributed by atoms with Crippen LogP contribution in [0.4, 0.5) is 4.79 Å². The molecule has 1 aliphatic carbocycles. The van der Waals surface area contributed by atoms with Crippen LogP contribution >= 0.6 is 0 Å². The second-order valence-electron chi connectivity index (χ2n) is 22.7. The number of hydrogen-bond acceptors (Lipinski definition) is 18. The molecule has 0 aromatic heterocycles. The molecule has 81 heavy (non-hydrogen) atoms. The summed E-state index contributed by atoms with van der Waals surface area (Å²) in [5.41, 5.74) is 1.23. The van der Waals surface area contributed by atoms with Crippen LogP contribution in [0, 0.1) is 35.5 Å². The Hall–Kier alpha value is -4.22. The van der Waals surface area contributed by atoms with E-state index in [0.29, 0.717) is 103 Å². The van der Waals surface area contributed by atoms with Crippen molar-refractivity contribution in [2.75, 3.05) is 87.8 Å². The van der Waals surface area contributed by atoms with Gasteiger partial charge in [0.15, 0.2) is 18.0 Å². The Balaban J connectivity index is 1.68. The first-order valence-corrected chi connectivity index (χ1v) is 29.3. The highest BCUT2D eigenvalue weighted by Gasteiger charge is 2.53. The van der Waals surface area contributed by atoms with E-state index in [9.17, 15) is 39.0 Å². The maximum atomic E-state index is 14.6. The zero-order valence-electron chi connectivity index (χ0n) is 50.3. The van der Waals surface area contributed by atoms with Gasteiger partial charge < -0.3 is 67.8 Å². The number of piperidine rings is 1. The number of fused-ring (bicyclic) bond motifs is 3. The predicted octanol–water partition coefficient (Wildman–Crippen LogP) is 6.61. The third-order valence-corrected chi connectivity index (χ3v) is 16.4. The minimum atomic E-state index is -2.46. The number of carbonyl (C=O) groups excluding carboxylic acids is 6. The highest BCUT2D eigenvalue weighted by atomic mass is 16.6. The molecule has 0 aromatic carbocycles. The lowest BCUT2D eigenvalue weighted by Gasteiger charge is -2.42. The number of hydrogen-bond donors (Lipinski definition) is 3. The molecule has 1 saturated carbocycles. The number of aliphatic hydroxyl groups is 2. The van der Waals surface area contributed by atoms with Gasteiger partial charge in [-0.2, -0.15) is 0 Å². The van der Waals surface area contributed by atoms with Crippen LogP contribution in [0.25, 0.3) is 0 Å². The number of ether oxygens (including phenoxy) is 10. The number of ketones is 3. The fraction of sp³-hybridized carbons (Fsp3) is 0.770. The van der Waals surface area contributed by atoms with Crippen molar-refractivity contribution in [3.63, 3.8) is 0 Å². The predicted molar refractivity (Wildman–Crippen MR) is 302 cm³/mol. The molecule has 0 spiro atoms. The number of allylic oxidation sites excluding steroid dienone is 6. The minimum absolute atomic E-state index is 0.0555. The van der Waals surface area contributed by atoms with Crippen molar-refractivity contribution < 1.29 is 86.3 Å². The minimum Gasteiger partial charge on any atom is -0.460 e. The van der Waals surface area contributed by atoms with E-state index in [-0.39, 0.29) is 68.7 Å². The lowest BCUT2D eigenvalue weighted by atomic mass is 9.78. The van der Waals surface area contributed by atoms with Gasteiger partial charge in [0.2, 0.25) is 5.79 Å². The summed E-state index contributed by atoms with van der Waals surface area (Å²) in [5, 5.41) is 25.4. The number of cyclic esters (lactones) is 1. The van der Waals surface area contributed by atoms with E-state index in [1.54, 1.807) is 55.1 Å². The van der Waals surface area contributed by atoms with Crippen molar-refractivity contribution in [3.8, 4) is 0 Å². The van der Waals surface area contributed by atoms with Crippen molar-refractivity contribution >= 4 is 35.3 Å². The number of nitrogens with zero attached hydrogens (tertiary/aromatic N) is 1. The molecule has 4 aliphatic rings. The first kappa shape index (κ1) is 69.3. The first-order chi connectivity index (χ1) is 38.7. The number of nitrogens with one attached hydrogen (secondary N) is 1. The van der Waals surface area contributed by atoms with Gasteiger partial charge in [-0.3, -0.25) is 19.2 Å². The van der Waals surface area contributed by atoms with Crippen molar-refractivity contribution in [1.29, 1.82) is 0 Å². The van der Waals surface area contributed by atoms with Gasteiger partial charge in [0, 0.05) is 72.1 Å². The third kappa shape index (κ3) is 21.7. The SMILES string of the molecule is COCCOCCOCCOCCNC(=O)O[C@@H]1/C(C)=C/[C@@H](C)C(=O)C[C@@H]([C@H](C)C[C@@H]2CC[C@@H](O)[C@H](OC)C2)OC(=O)[C@@H]2CCCCN2C(=O)C(=O)[C@]2(O)O[C@@H](CC[C@H]2C)C[C@H](OC)/C(C)=C/C=C/C=C/[C@@H](C)CC(C)C(=O)[C@@H]1OC. The smallest absolute Gasteiger partial charge is 0.407 e. The molecule has 3 heterocycles. The number of Topliss-reactive ketones (excluding diaryl/α,β-unsaturated/α-hetero) is 3. The Morgan fingerprint density at radius 3 is 2.15 bits per heavy atom. The maximum Gasteiger partial charge on any atom is 0.407 e. The number of rotatable bonds is 19. The molecule has 0 aromatic rings. The lowest BCUT2D eigenvalue weighted by molar-refractivity contribution is -0.265. The monoisotopic (exact) mass is 1150 g/mol. The van der Waals surface area contributed by atoms with E-state index >= 15 is 0 Å². The molecule has 20 nitrogen and oxygen atoms in total. The zero-order valence-corrected chi connectivity index (χ0v) is 50.3. The highest BCUT2D eigenvalue weighted by Crippen LogP contribution is 2.38. The molecular formula is C61H98N2O18. The van der Waals surface area contributed by atoms with E-state index in [0.717, 1.165) is 5.57 Å². The second kappa shape index (κ2) is 35.8. The number of carbonyl (C=O) groups is 6. The number of esters is 1. The van der Waals surface area contributed by atoms with Crippen molar-refractivity contribution in [2.45, 2.75) is 180 Å². The van der Waals surface area contributed by atoms with Crippen molar-refractivity contribution in [2.24, 2.45) is 35.5 Å². The quantitative estimate of drug-likeness (QED) is 0.0532. The number of methoxy groups -OCH3 is 4. The summed E-state index contributed by atoms with van der Waals surface area (Å²) in [7, 11) is 6.10. The van der Waals surface area contributed by atoms with Crippen LogP contribution in [0.1, 0.15) is 126 Å². The van der Waals surface area contributed by atoms with Crippen molar-refractivity contribution in [1.82, 2.24) is 10.2 Å². The Morgan fingerprint density at radius 1 is 0.790 bits per heavy atom. The number of alkyl carbamates (subject to hydrolysis) is 1. The van der Waals surface area contributed by atoms with Gasteiger partial charge >= 0.3 is 12.1 Å². The van der Waals surface area contributed by atoms with Crippen LogP contribution in [-0.2, 0) is 71.3 Å². The van der Waals surface area contributed by atoms with E-state index in [1.807, 2.05) is 51.2 Å². The fourth-order valence-corrected chi connectivity index (χ4v) is 11.3. The van der Waals surface area contributed by atoms with E-state index in [2.05, 4.69) is 5.32 Å². The third-order valence-electron chi connectivity index (χ3n) is 16.4. The van der Waals surface area contributed by atoms with Gasteiger partial charge in [-0.15, -0.1) is 0 Å². The summed E-state index contributed by atoms with van der Waals surface area (Å²) in [6.07, 6.45) is 9.56. The number of amides is 2. The van der Waals surface area contributed by atoms with Crippen LogP contribution in [0.15, 0.2) is 47.6 Å². The summed E-state index contributed by atoms with van der Waals surface area (Å²) in [6, 6.07) is -1.19. The normalized spacial score (nSPS) is 34.7. The molecule has 2 bridgehead atoms. The fourth-order valence-electron chi connectivity index (χ4n) is 11.3. The van der Waals surface area contributed by atoms with Crippen LogP contribution in [-0.4, -0.2) is 193 Å². The molecule has 15 atom stereocenters. The summed E-state index contributed by atoms with van der Waals surface area (Å²) < 4.78 is 57.4. The van der Waals surface area contributed by atoms with Gasteiger partial charge in [-0.25, -0.2) is 9.59 Å². The number of aliphatic hydroxyl groups excluding tert-OH is 1. The van der Waals surface area contributed by atoms with Gasteiger partial charge in [0.1, 0.15) is 17.9 Å². The molecule has 2 amide bonds. The summed E-state index contributed by atoms with van der Waals surface area (Å²) in [6.45, 7) is 15.2. The molecule has 3 N–H and O–H groups in total. The molecule has 3 aliphatic heterocycles. The van der Waals surface area contributed by atoms with Gasteiger partial charge in [0.25, 0.3) is 11.7 Å². The molecule has 0 radical (unpaired) electrons. The summed E-state index contributed by atoms with van der Waals surface area (Å²) in [5.74, 6) is -8.63. The van der Waals surface area contributed by atoms with Gasteiger partial charge in [-0.05, 0) is 107 Å². The molecule has 1 unspecified atom stereocenters. The molecule has 4 rings (SSSR count). The average Bonchev–Trinajstić information content (AvgIpc) is 3.53. The zero-order chi connectivity index (χ0) is 59.6. The topological polar surface area (TPSA) is 250 Å². The van der Waals surface area contributed by atoms with E-state index in [1.165, 1.54) is 12.0 Å². The van der Waals surface area contributed by atoms with Crippen molar-refractivity contribution in [3.05, 3.63) is 47.6 Å². The van der Waals surface area contributed by atoms with Crippen LogP contribution in [0.2, 0.25) is 0 Å². The van der Waals surface area contributed by atoms with Crippen LogP contribution in [0.5, 0.6) is 0 Å². The van der Waals surface area contributed by atoms with E-state index < -0.39 is 95.9 Å².